The van der Waals surface area contributed by atoms with E-state index in [1.54, 1.807) is 17.2 Å². The lowest BCUT2D eigenvalue weighted by molar-refractivity contribution is 0.0781. The number of carbonyl (C=O) groups is 1. The highest BCUT2D eigenvalue weighted by Gasteiger charge is 2.24. The highest BCUT2D eigenvalue weighted by molar-refractivity contribution is 6.30. The highest BCUT2D eigenvalue weighted by Crippen LogP contribution is 2.29. The molecule has 4 nitrogen and oxygen atoms in total. The van der Waals surface area contributed by atoms with Crippen LogP contribution in [0.5, 0.6) is 0 Å². The lowest BCUT2D eigenvalue weighted by Gasteiger charge is -2.26. The third-order valence-corrected chi connectivity index (χ3v) is 4.99. The third-order valence-electron chi connectivity index (χ3n) is 4.77. The summed E-state index contributed by atoms with van der Waals surface area (Å²) >= 11 is 5.94. The average molecular weight is 382 g/mol. The maximum atomic E-state index is 13.6. The van der Waals surface area contributed by atoms with E-state index in [1.807, 2.05) is 31.3 Å². The monoisotopic (exact) mass is 381 g/mol. The van der Waals surface area contributed by atoms with E-state index < -0.39 is 0 Å². The number of hydrogen-bond donors (Lipinski definition) is 0. The van der Waals surface area contributed by atoms with Crippen LogP contribution >= 0.6 is 11.6 Å². The molecule has 2 aromatic carbocycles. The predicted octanol–water partition coefficient (Wildman–Crippen LogP) is 4.16. The SMILES string of the molecule is CN1CCc2c(cccc2-c2cc(Cc3cc(F)cc(Cl)c3)cnn2)C1=O. The molecule has 3 aromatic rings. The fourth-order valence-corrected chi connectivity index (χ4v) is 3.71. The molecule has 4 rings (SSSR count). The highest BCUT2D eigenvalue weighted by atomic mass is 35.5. The van der Waals surface area contributed by atoms with Crippen molar-refractivity contribution in [1.29, 1.82) is 0 Å². The van der Waals surface area contributed by atoms with E-state index in [9.17, 15) is 9.18 Å². The van der Waals surface area contributed by atoms with Crippen LogP contribution in [0, 0.1) is 5.82 Å². The molecule has 1 amide bonds. The first-order valence-electron chi connectivity index (χ1n) is 8.65. The Morgan fingerprint density at radius 3 is 2.78 bits per heavy atom. The summed E-state index contributed by atoms with van der Waals surface area (Å²) in [6, 6.07) is 12.1. The standard InChI is InChI=1S/C21H17ClFN3O/c1-26-6-5-17-18(3-2-4-19(17)21(26)27)20-10-14(12-24-25-20)7-13-8-15(22)11-16(23)9-13/h2-4,8-12H,5-7H2,1H3. The molecule has 0 fully saturated rings. The molecule has 1 aliphatic heterocycles. The molecule has 0 radical (unpaired) electrons. The Morgan fingerprint density at radius 1 is 1.15 bits per heavy atom. The van der Waals surface area contributed by atoms with E-state index in [0.29, 0.717) is 29.2 Å². The molecule has 0 saturated heterocycles. The number of carbonyl (C=O) groups excluding carboxylic acids is 1. The normalized spacial score (nSPS) is 13.6. The number of fused-ring (bicyclic) bond motifs is 1. The molecule has 1 aromatic heterocycles. The van der Waals surface area contributed by atoms with Gasteiger partial charge in [-0.3, -0.25) is 4.79 Å². The molecule has 136 valence electrons. The van der Waals surface area contributed by atoms with E-state index in [-0.39, 0.29) is 11.7 Å². The molecule has 0 N–H and O–H groups in total. The van der Waals surface area contributed by atoms with Crippen LogP contribution in [0.2, 0.25) is 5.02 Å². The zero-order valence-electron chi connectivity index (χ0n) is 14.7. The van der Waals surface area contributed by atoms with Gasteiger partial charge in [0.2, 0.25) is 0 Å². The molecule has 27 heavy (non-hydrogen) atoms. The molecule has 0 atom stereocenters. The fourth-order valence-electron chi connectivity index (χ4n) is 3.47. The lowest BCUT2D eigenvalue weighted by atomic mass is 9.92. The van der Waals surface area contributed by atoms with Crippen molar-refractivity contribution in [3.05, 3.63) is 81.8 Å². The Morgan fingerprint density at radius 2 is 1.96 bits per heavy atom. The summed E-state index contributed by atoms with van der Waals surface area (Å²) < 4.78 is 13.6. The van der Waals surface area contributed by atoms with Gasteiger partial charge in [0.25, 0.3) is 5.91 Å². The first-order valence-corrected chi connectivity index (χ1v) is 9.03. The van der Waals surface area contributed by atoms with Gasteiger partial charge in [0.1, 0.15) is 5.82 Å². The molecular formula is C21H17ClFN3O. The minimum absolute atomic E-state index is 0.0246. The van der Waals surface area contributed by atoms with Gasteiger partial charge in [0, 0.05) is 29.7 Å². The topological polar surface area (TPSA) is 46.1 Å². The zero-order chi connectivity index (χ0) is 19.0. The maximum Gasteiger partial charge on any atom is 0.253 e. The number of halogens is 2. The largest absolute Gasteiger partial charge is 0.341 e. The smallest absolute Gasteiger partial charge is 0.253 e. The van der Waals surface area contributed by atoms with E-state index in [1.165, 1.54) is 12.1 Å². The molecule has 0 unspecified atom stereocenters. The van der Waals surface area contributed by atoms with Crippen LogP contribution < -0.4 is 0 Å². The molecule has 1 aliphatic rings. The number of likely N-dealkylation sites (N-methyl/N-ethyl adjacent to an activating group) is 1. The minimum atomic E-state index is -0.362. The van der Waals surface area contributed by atoms with Crippen LogP contribution in [-0.2, 0) is 12.8 Å². The van der Waals surface area contributed by atoms with Crippen molar-refractivity contribution in [3.63, 3.8) is 0 Å². The van der Waals surface area contributed by atoms with Gasteiger partial charge in [-0.05, 0) is 59.9 Å². The van der Waals surface area contributed by atoms with E-state index in [4.69, 9.17) is 11.6 Å². The van der Waals surface area contributed by atoms with Crippen LogP contribution in [0.15, 0.2) is 48.7 Å². The van der Waals surface area contributed by atoms with E-state index in [0.717, 1.165) is 28.7 Å². The summed E-state index contributed by atoms with van der Waals surface area (Å²) in [5.41, 5.74) is 5.01. The van der Waals surface area contributed by atoms with Gasteiger partial charge < -0.3 is 4.90 Å². The molecular weight excluding hydrogens is 365 g/mol. The number of hydrogen-bond acceptors (Lipinski definition) is 3. The second-order valence-electron chi connectivity index (χ2n) is 6.71. The molecule has 6 heteroatoms. The first kappa shape index (κ1) is 17.6. The van der Waals surface area contributed by atoms with Crippen molar-refractivity contribution in [1.82, 2.24) is 15.1 Å². The Kier molecular flexibility index (Phi) is 4.62. The van der Waals surface area contributed by atoms with Gasteiger partial charge in [-0.2, -0.15) is 10.2 Å². The van der Waals surface area contributed by atoms with Crippen LogP contribution in [0.4, 0.5) is 4.39 Å². The number of amides is 1. The van der Waals surface area contributed by atoms with Gasteiger partial charge >= 0.3 is 0 Å². The van der Waals surface area contributed by atoms with Crippen LogP contribution in [-0.4, -0.2) is 34.6 Å². The number of rotatable bonds is 3. The Hall–Kier alpha value is -2.79. The minimum Gasteiger partial charge on any atom is -0.341 e. The quantitative estimate of drug-likeness (QED) is 0.684. The Balaban J connectivity index is 1.70. The number of aromatic nitrogens is 2. The first-order chi connectivity index (χ1) is 13.0. The summed E-state index contributed by atoms with van der Waals surface area (Å²) in [7, 11) is 1.81. The van der Waals surface area contributed by atoms with Crippen LogP contribution in [0.3, 0.4) is 0 Å². The molecule has 0 aliphatic carbocycles. The Labute approximate surface area is 161 Å². The molecule has 0 spiro atoms. The maximum absolute atomic E-state index is 13.6. The van der Waals surface area contributed by atoms with Crippen molar-refractivity contribution in [2.24, 2.45) is 0 Å². The average Bonchev–Trinajstić information content (AvgIpc) is 2.64. The van der Waals surface area contributed by atoms with Crippen molar-refractivity contribution in [2.75, 3.05) is 13.6 Å². The summed E-state index contributed by atoms with van der Waals surface area (Å²) in [6.07, 6.45) is 2.94. The summed E-state index contributed by atoms with van der Waals surface area (Å²) in [4.78, 5) is 14.1. The van der Waals surface area contributed by atoms with Gasteiger partial charge in [-0.25, -0.2) is 4.39 Å². The summed E-state index contributed by atoms with van der Waals surface area (Å²) in [6.45, 7) is 0.678. The van der Waals surface area contributed by atoms with E-state index in [2.05, 4.69) is 10.2 Å². The van der Waals surface area contributed by atoms with E-state index >= 15 is 0 Å². The van der Waals surface area contributed by atoms with Crippen LogP contribution in [0.25, 0.3) is 11.3 Å². The van der Waals surface area contributed by atoms with Gasteiger partial charge in [-0.1, -0.05) is 23.7 Å². The lowest BCUT2D eigenvalue weighted by Crippen LogP contribution is -2.34. The number of benzene rings is 2. The second kappa shape index (κ2) is 7.08. The van der Waals surface area contributed by atoms with Crippen LogP contribution in [0.1, 0.15) is 27.0 Å². The van der Waals surface area contributed by atoms with Crippen molar-refractivity contribution < 1.29 is 9.18 Å². The predicted molar refractivity (Wildman–Crippen MR) is 102 cm³/mol. The second-order valence-corrected chi connectivity index (χ2v) is 7.15. The van der Waals surface area contributed by atoms with Gasteiger partial charge in [0.15, 0.2) is 0 Å². The van der Waals surface area contributed by atoms with Crippen molar-refractivity contribution in [3.8, 4) is 11.3 Å². The third kappa shape index (κ3) is 3.55. The Bertz CT molecular complexity index is 1020. The summed E-state index contributed by atoms with van der Waals surface area (Å²) in [5.74, 6) is -0.337. The zero-order valence-corrected chi connectivity index (χ0v) is 15.5. The fraction of sp³-hybridized carbons (Fsp3) is 0.190. The van der Waals surface area contributed by atoms with Crippen molar-refractivity contribution in [2.45, 2.75) is 12.8 Å². The van der Waals surface area contributed by atoms with Gasteiger partial charge in [0.05, 0.1) is 11.9 Å². The molecule has 2 heterocycles. The van der Waals surface area contributed by atoms with Gasteiger partial charge in [-0.15, -0.1) is 0 Å². The number of nitrogens with zero attached hydrogens (tertiary/aromatic N) is 3. The summed E-state index contributed by atoms with van der Waals surface area (Å²) in [5, 5.41) is 8.74. The van der Waals surface area contributed by atoms with Crippen molar-refractivity contribution >= 4 is 17.5 Å². The molecule has 0 saturated carbocycles. The molecule has 0 bridgehead atoms.